The summed E-state index contributed by atoms with van der Waals surface area (Å²) >= 11 is 0. The molecular formula is C16H26O. The van der Waals surface area contributed by atoms with Crippen LogP contribution in [0, 0.1) is 11.8 Å². The van der Waals surface area contributed by atoms with Crippen LogP contribution in [-0.4, -0.2) is 5.78 Å². The predicted molar refractivity (Wildman–Crippen MR) is 71.9 cm³/mol. The monoisotopic (exact) mass is 234 g/mol. The van der Waals surface area contributed by atoms with E-state index >= 15 is 0 Å². The summed E-state index contributed by atoms with van der Waals surface area (Å²) in [4.78, 5) is 11.2. The van der Waals surface area contributed by atoms with Crippen LogP contribution in [0.2, 0.25) is 0 Å². The van der Waals surface area contributed by atoms with E-state index < -0.39 is 0 Å². The number of carbonyl (C=O) groups excluding carboxylic acids is 1. The summed E-state index contributed by atoms with van der Waals surface area (Å²) in [6, 6.07) is 0. The van der Waals surface area contributed by atoms with E-state index in [1.165, 1.54) is 44.9 Å². The number of rotatable bonds is 4. The first-order valence-electron chi connectivity index (χ1n) is 7.50. The van der Waals surface area contributed by atoms with E-state index in [1.54, 1.807) is 5.57 Å². The Morgan fingerprint density at radius 3 is 2.53 bits per heavy atom. The third-order valence-electron chi connectivity index (χ3n) is 4.62. The van der Waals surface area contributed by atoms with Crippen molar-refractivity contribution < 1.29 is 4.79 Å². The van der Waals surface area contributed by atoms with Crippen LogP contribution in [-0.2, 0) is 4.79 Å². The van der Waals surface area contributed by atoms with Crippen LogP contribution >= 0.6 is 0 Å². The fourth-order valence-electron chi connectivity index (χ4n) is 3.42. The Balaban J connectivity index is 1.77. The predicted octanol–water partition coefficient (Wildman–Crippen LogP) is 4.66. The number of carbonyl (C=O) groups is 1. The molecule has 0 aromatic carbocycles. The number of hydrogen-bond donors (Lipinski definition) is 0. The van der Waals surface area contributed by atoms with Crippen LogP contribution in [0.25, 0.3) is 0 Å². The molecule has 0 atom stereocenters. The molecule has 0 heterocycles. The molecule has 0 saturated heterocycles. The van der Waals surface area contributed by atoms with Gasteiger partial charge in [0.25, 0.3) is 0 Å². The molecule has 0 amide bonds. The minimum Gasteiger partial charge on any atom is -0.299 e. The average Bonchev–Trinajstić information content (AvgIpc) is 2.38. The summed E-state index contributed by atoms with van der Waals surface area (Å²) in [6.07, 6.45) is 14.6. The highest BCUT2D eigenvalue weighted by atomic mass is 16.1. The van der Waals surface area contributed by atoms with E-state index in [1.807, 2.05) is 0 Å². The molecule has 0 spiro atoms. The highest BCUT2D eigenvalue weighted by molar-refractivity contribution is 5.81. The van der Waals surface area contributed by atoms with Gasteiger partial charge in [0, 0.05) is 12.8 Å². The van der Waals surface area contributed by atoms with Crippen LogP contribution in [0.4, 0.5) is 0 Å². The molecule has 96 valence electrons. The van der Waals surface area contributed by atoms with Gasteiger partial charge in [0.1, 0.15) is 5.78 Å². The van der Waals surface area contributed by atoms with Gasteiger partial charge in [-0.3, -0.25) is 4.79 Å². The van der Waals surface area contributed by atoms with Crippen molar-refractivity contribution in [3.63, 3.8) is 0 Å². The number of ketones is 1. The molecule has 1 saturated carbocycles. The van der Waals surface area contributed by atoms with Gasteiger partial charge in [-0.2, -0.15) is 0 Å². The molecule has 0 radical (unpaired) electrons. The highest BCUT2D eigenvalue weighted by Crippen LogP contribution is 2.38. The van der Waals surface area contributed by atoms with Crippen molar-refractivity contribution in [3.05, 3.63) is 11.6 Å². The molecule has 2 aliphatic carbocycles. The third kappa shape index (κ3) is 3.69. The first-order valence-corrected chi connectivity index (χ1v) is 7.50. The van der Waals surface area contributed by atoms with E-state index in [0.717, 1.165) is 24.7 Å². The molecule has 1 nitrogen and oxygen atoms in total. The van der Waals surface area contributed by atoms with Crippen molar-refractivity contribution in [3.8, 4) is 0 Å². The Kier molecular flexibility index (Phi) is 4.82. The number of unbranched alkanes of at least 4 members (excludes halogenated alkanes) is 1. The second-order valence-corrected chi connectivity index (χ2v) is 5.88. The van der Waals surface area contributed by atoms with Gasteiger partial charge in [0.05, 0.1) is 0 Å². The summed E-state index contributed by atoms with van der Waals surface area (Å²) in [5, 5.41) is 0. The van der Waals surface area contributed by atoms with E-state index in [2.05, 4.69) is 13.0 Å². The molecule has 0 bridgehead atoms. The Morgan fingerprint density at radius 1 is 1.18 bits per heavy atom. The van der Waals surface area contributed by atoms with Gasteiger partial charge >= 0.3 is 0 Å². The molecule has 0 unspecified atom stereocenters. The lowest BCUT2D eigenvalue weighted by molar-refractivity contribution is -0.118. The van der Waals surface area contributed by atoms with Crippen molar-refractivity contribution in [2.24, 2.45) is 11.8 Å². The van der Waals surface area contributed by atoms with Crippen molar-refractivity contribution in [2.75, 3.05) is 0 Å². The van der Waals surface area contributed by atoms with E-state index in [0.29, 0.717) is 12.2 Å². The maximum absolute atomic E-state index is 11.2. The summed E-state index contributed by atoms with van der Waals surface area (Å²) in [5.74, 6) is 2.25. The maximum atomic E-state index is 11.2. The topological polar surface area (TPSA) is 17.1 Å². The zero-order valence-corrected chi connectivity index (χ0v) is 11.2. The van der Waals surface area contributed by atoms with Crippen LogP contribution in [0.5, 0.6) is 0 Å². The maximum Gasteiger partial charge on any atom is 0.136 e. The fourth-order valence-corrected chi connectivity index (χ4v) is 3.42. The molecule has 2 rings (SSSR count). The molecule has 17 heavy (non-hydrogen) atoms. The summed E-state index contributed by atoms with van der Waals surface area (Å²) in [7, 11) is 0. The molecule has 1 heteroatoms. The van der Waals surface area contributed by atoms with Crippen molar-refractivity contribution in [1.29, 1.82) is 0 Å². The van der Waals surface area contributed by atoms with E-state index in [9.17, 15) is 4.79 Å². The van der Waals surface area contributed by atoms with Gasteiger partial charge in [0.2, 0.25) is 0 Å². The van der Waals surface area contributed by atoms with Crippen LogP contribution in [0.15, 0.2) is 11.6 Å². The van der Waals surface area contributed by atoms with Crippen LogP contribution in [0.1, 0.15) is 71.1 Å². The quantitative estimate of drug-likeness (QED) is 0.646. The molecular weight excluding hydrogens is 208 g/mol. The Morgan fingerprint density at radius 2 is 1.94 bits per heavy atom. The molecule has 0 aromatic rings. The molecule has 1 fully saturated rings. The van der Waals surface area contributed by atoms with Gasteiger partial charge in [-0.05, 0) is 43.9 Å². The SMILES string of the molecule is CCCCC1CCC(C2=CCC(=O)CC2)CC1. The van der Waals surface area contributed by atoms with Crippen LogP contribution < -0.4 is 0 Å². The van der Waals surface area contributed by atoms with Gasteiger partial charge in [-0.25, -0.2) is 0 Å². The minimum absolute atomic E-state index is 0.436. The lowest BCUT2D eigenvalue weighted by Crippen LogP contribution is -2.18. The van der Waals surface area contributed by atoms with Crippen LogP contribution in [0.3, 0.4) is 0 Å². The molecule has 2 aliphatic rings. The van der Waals surface area contributed by atoms with E-state index in [-0.39, 0.29) is 0 Å². The first-order chi connectivity index (χ1) is 8.29. The Labute approximate surface area is 106 Å². The average molecular weight is 234 g/mol. The van der Waals surface area contributed by atoms with Gasteiger partial charge in [-0.15, -0.1) is 0 Å². The molecule has 0 aromatic heterocycles. The summed E-state index contributed by atoms with van der Waals surface area (Å²) in [5.41, 5.74) is 1.61. The highest BCUT2D eigenvalue weighted by Gasteiger charge is 2.24. The van der Waals surface area contributed by atoms with Crippen molar-refractivity contribution in [1.82, 2.24) is 0 Å². The van der Waals surface area contributed by atoms with Gasteiger partial charge in [0.15, 0.2) is 0 Å². The standard InChI is InChI=1S/C16H26O/c1-2-3-4-13-5-7-14(8-6-13)15-9-11-16(17)12-10-15/h9,13-14H,2-8,10-12H2,1H3. The Hall–Kier alpha value is -0.590. The lowest BCUT2D eigenvalue weighted by Gasteiger charge is -2.31. The number of allylic oxidation sites excluding steroid dienone is 2. The van der Waals surface area contributed by atoms with Crippen molar-refractivity contribution in [2.45, 2.75) is 71.1 Å². The molecule has 0 N–H and O–H groups in total. The third-order valence-corrected chi connectivity index (χ3v) is 4.62. The second-order valence-electron chi connectivity index (χ2n) is 5.88. The lowest BCUT2D eigenvalue weighted by atomic mass is 9.74. The van der Waals surface area contributed by atoms with E-state index in [4.69, 9.17) is 0 Å². The Bertz CT molecular complexity index is 282. The fraction of sp³-hybridized carbons (Fsp3) is 0.812. The normalized spacial score (nSPS) is 30.2. The summed E-state index contributed by atoms with van der Waals surface area (Å²) in [6.45, 7) is 2.29. The minimum atomic E-state index is 0.436. The molecule has 0 aliphatic heterocycles. The summed E-state index contributed by atoms with van der Waals surface area (Å²) < 4.78 is 0. The van der Waals surface area contributed by atoms with Gasteiger partial charge in [-0.1, -0.05) is 37.8 Å². The first kappa shape index (κ1) is 12.9. The second kappa shape index (κ2) is 6.37. The number of hydrogen-bond acceptors (Lipinski definition) is 1. The van der Waals surface area contributed by atoms with Crippen molar-refractivity contribution >= 4 is 5.78 Å². The number of Topliss-reactive ketones (excluding diaryl/α,β-unsaturated/α-hetero) is 1. The van der Waals surface area contributed by atoms with Gasteiger partial charge < -0.3 is 0 Å². The zero-order chi connectivity index (χ0) is 12.1. The largest absolute Gasteiger partial charge is 0.299 e. The zero-order valence-electron chi connectivity index (χ0n) is 11.2. The smallest absolute Gasteiger partial charge is 0.136 e.